The molecule has 0 spiro atoms. The predicted molar refractivity (Wildman–Crippen MR) is 122 cm³/mol. The molecule has 160 valence electrons. The van der Waals surface area contributed by atoms with E-state index in [9.17, 15) is 4.79 Å². The van der Waals surface area contributed by atoms with Crippen molar-refractivity contribution < 1.29 is 4.79 Å². The van der Waals surface area contributed by atoms with Gasteiger partial charge in [0.05, 0.1) is 0 Å². The first-order valence-electron chi connectivity index (χ1n) is 12.4. The summed E-state index contributed by atoms with van der Waals surface area (Å²) < 4.78 is 0. The standard InChI is InChI=1S/C26H50O/c1-4-7-8-9-10-11-12-13-14-15-16-17-18-19-20-22-26(27)24-23-25(6-3)21-5-2/h10-11,25H,4-9,12-24H2,1-3H3/b11-10-. The number of Topliss-reactive ketones (excluding diaryl/α,β-unsaturated/α-hetero) is 1. The minimum absolute atomic E-state index is 0.507. The van der Waals surface area contributed by atoms with Crippen LogP contribution in [0.25, 0.3) is 0 Å². The Morgan fingerprint density at radius 3 is 1.74 bits per heavy atom. The number of hydrogen-bond acceptors (Lipinski definition) is 1. The molecule has 1 unspecified atom stereocenters. The summed E-state index contributed by atoms with van der Waals surface area (Å²) in [5, 5.41) is 0. The topological polar surface area (TPSA) is 17.1 Å². The average molecular weight is 379 g/mol. The zero-order chi connectivity index (χ0) is 20.0. The normalized spacial score (nSPS) is 12.7. The maximum atomic E-state index is 12.0. The fourth-order valence-electron chi connectivity index (χ4n) is 3.84. The van der Waals surface area contributed by atoms with Crippen molar-refractivity contribution in [2.45, 2.75) is 143 Å². The summed E-state index contributed by atoms with van der Waals surface area (Å²) in [5.74, 6) is 1.28. The molecule has 0 aromatic rings. The van der Waals surface area contributed by atoms with E-state index >= 15 is 0 Å². The molecular formula is C26H50O. The van der Waals surface area contributed by atoms with E-state index in [0.717, 1.165) is 31.6 Å². The monoisotopic (exact) mass is 378 g/mol. The summed E-state index contributed by atoms with van der Waals surface area (Å²) in [4.78, 5) is 12.0. The van der Waals surface area contributed by atoms with Crippen molar-refractivity contribution in [3.05, 3.63) is 12.2 Å². The Bertz CT molecular complexity index is 331. The van der Waals surface area contributed by atoms with Crippen molar-refractivity contribution in [2.75, 3.05) is 0 Å². The third-order valence-corrected chi connectivity index (χ3v) is 5.82. The number of unbranched alkanes of at least 4 members (excludes halogenated alkanes) is 11. The number of allylic oxidation sites excluding steroid dienone is 2. The summed E-state index contributed by atoms with van der Waals surface area (Å²) >= 11 is 0. The molecule has 0 aliphatic heterocycles. The van der Waals surface area contributed by atoms with E-state index in [2.05, 4.69) is 32.9 Å². The Kier molecular flexibility index (Phi) is 21.2. The van der Waals surface area contributed by atoms with Crippen LogP contribution in [0.5, 0.6) is 0 Å². The molecule has 1 heteroatoms. The molecule has 0 fully saturated rings. The molecule has 0 saturated carbocycles. The lowest BCUT2D eigenvalue weighted by atomic mass is 9.93. The van der Waals surface area contributed by atoms with Crippen LogP contribution in [0.1, 0.15) is 143 Å². The molecule has 0 amide bonds. The largest absolute Gasteiger partial charge is 0.300 e. The Hall–Kier alpha value is -0.590. The van der Waals surface area contributed by atoms with E-state index in [1.165, 1.54) is 96.3 Å². The Labute approximate surface area is 171 Å². The molecule has 0 aliphatic rings. The lowest BCUT2D eigenvalue weighted by Gasteiger charge is -2.12. The summed E-state index contributed by atoms with van der Waals surface area (Å²) in [7, 11) is 0. The first-order chi connectivity index (χ1) is 13.2. The van der Waals surface area contributed by atoms with Crippen molar-refractivity contribution in [3.8, 4) is 0 Å². The van der Waals surface area contributed by atoms with Crippen LogP contribution in [-0.4, -0.2) is 5.78 Å². The fourth-order valence-corrected chi connectivity index (χ4v) is 3.84. The molecule has 27 heavy (non-hydrogen) atoms. The molecule has 0 aliphatic carbocycles. The van der Waals surface area contributed by atoms with Crippen LogP contribution in [0.4, 0.5) is 0 Å². The third-order valence-electron chi connectivity index (χ3n) is 5.82. The van der Waals surface area contributed by atoms with E-state index in [1.807, 2.05) is 0 Å². The molecule has 0 N–H and O–H groups in total. The van der Waals surface area contributed by atoms with Gasteiger partial charge in [0.2, 0.25) is 0 Å². The van der Waals surface area contributed by atoms with Crippen LogP contribution >= 0.6 is 0 Å². The van der Waals surface area contributed by atoms with Crippen LogP contribution in [-0.2, 0) is 4.79 Å². The number of carbonyl (C=O) groups is 1. The Morgan fingerprint density at radius 1 is 0.630 bits per heavy atom. The molecule has 0 heterocycles. The number of hydrogen-bond donors (Lipinski definition) is 0. The zero-order valence-corrected chi connectivity index (χ0v) is 19.1. The molecule has 0 aromatic heterocycles. The van der Waals surface area contributed by atoms with Gasteiger partial charge in [0.25, 0.3) is 0 Å². The Morgan fingerprint density at radius 2 is 1.19 bits per heavy atom. The highest BCUT2D eigenvalue weighted by atomic mass is 16.1. The van der Waals surface area contributed by atoms with Gasteiger partial charge in [0.1, 0.15) is 5.78 Å². The highest BCUT2D eigenvalue weighted by molar-refractivity contribution is 5.78. The number of rotatable bonds is 21. The van der Waals surface area contributed by atoms with Crippen LogP contribution in [0.15, 0.2) is 12.2 Å². The van der Waals surface area contributed by atoms with E-state index in [4.69, 9.17) is 0 Å². The van der Waals surface area contributed by atoms with E-state index in [0.29, 0.717) is 5.78 Å². The molecule has 0 aromatic carbocycles. The molecular weight excluding hydrogens is 328 g/mol. The van der Waals surface area contributed by atoms with Crippen LogP contribution in [0.2, 0.25) is 0 Å². The zero-order valence-electron chi connectivity index (χ0n) is 19.1. The minimum Gasteiger partial charge on any atom is -0.300 e. The first-order valence-corrected chi connectivity index (χ1v) is 12.4. The second kappa shape index (κ2) is 21.7. The highest BCUT2D eigenvalue weighted by Crippen LogP contribution is 2.18. The van der Waals surface area contributed by atoms with Gasteiger partial charge in [-0.05, 0) is 44.4 Å². The summed E-state index contributed by atoms with van der Waals surface area (Å²) in [6.45, 7) is 6.77. The van der Waals surface area contributed by atoms with Crippen molar-refractivity contribution in [1.29, 1.82) is 0 Å². The van der Waals surface area contributed by atoms with E-state index in [1.54, 1.807) is 0 Å². The second-order valence-electron chi connectivity index (χ2n) is 8.47. The quantitative estimate of drug-likeness (QED) is 0.144. The SMILES string of the molecule is CCCCC/C=C\CCCCCCCCCCC(=O)CCC(CC)CCC. The van der Waals surface area contributed by atoms with Gasteiger partial charge < -0.3 is 0 Å². The average Bonchev–Trinajstić information content (AvgIpc) is 2.68. The smallest absolute Gasteiger partial charge is 0.132 e. The van der Waals surface area contributed by atoms with Gasteiger partial charge in [-0.15, -0.1) is 0 Å². The molecule has 1 atom stereocenters. The molecule has 0 bridgehead atoms. The molecule has 0 rings (SSSR count). The lowest BCUT2D eigenvalue weighted by molar-refractivity contribution is -0.119. The van der Waals surface area contributed by atoms with Crippen LogP contribution < -0.4 is 0 Å². The van der Waals surface area contributed by atoms with Crippen molar-refractivity contribution in [3.63, 3.8) is 0 Å². The summed E-state index contributed by atoms with van der Waals surface area (Å²) in [6, 6.07) is 0. The Balaban J connectivity index is 3.29. The minimum atomic E-state index is 0.507. The second-order valence-corrected chi connectivity index (χ2v) is 8.47. The van der Waals surface area contributed by atoms with Gasteiger partial charge in [-0.3, -0.25) is 4.79 Å². The molecule has 0 saturated heterocycles. The number of ketones is 1. The maximum Gasteiger partial charge on any atom is 0.132 e. The highest BCUT2D eigenvalue weighted by Gasteiger charge is 2.08. The van der Waals surface area contributed by atoms with E-state index in [-0.39, 0.29) is 0 Å². The van der Waals surface area contributed by atoms with E-state index < -0.39 is 0 Å². The summed E-state index contributed by atoms with van der Waals surface area (Å²) in [6.07, 6.45) is 28.5. The van der Waals surface area contributed by atoms with Crippen LogP contribution in [0, 0.1) is 5.92 Å². The van der Waals surface area contributed by atoms with Gasteiger partial charge >= 0.3 is 0 Å². The lowest BCUT2D eigenvalue weighted by Crippen LogP contribution is -2.04. The van der Waals surface area contributed by atoms with Gasteiger partial charge in [-0.2, -0.15) is 0 Å². The van der Waals surface area contributed by atoms with Crippen molar-refractivity contribution >= 4 is 5.78 Å². The van der Waals surface area contributed by atoms with Gasteiger partial charge in [0, 0.05) is 12.8 Å². The third kappa shape index (κ3) is 20.0. The van der Waals surface area contributed by atoms with Crippen molar-refractivity contribution in [1.82, 2.24) is 0 Å². The summed E-state index contributed by atoms with van der Waals surface area (Å²) in [5.41, 5.74) is 0. The number of carbonyl (C=O) groups excluding carboxylic acids is 1. The van der Waals surface area contributed by atoms with Crippen molar-refractivity contribution in [2.24, 2.45) is 5.92 Å². The molecule has 1 nitrogen and oxygen atoms in total. The van der Waals surface area contributed by atoms with Gasteiger partial charge in [-0.1, -0.05) is 104 Å². The first kappa shape index (κ1) is 26.4. The predicted octanol–water partition coefficient (Wildman–Crippen LogP) is 9.20. The molecule has 0 radical (unpaired) electrons. The van der Waals surface area contributed by atoms with Gasteiger partial charge in [0.15, 0.2) is 0 Å². The van der Waals surface area contributed by atoms with Gasteiger partial charge in [-0.25, -0.2) is 0 Å². The van der Waals surface area contributed by atoms with Crippen LogP contribution in [0.3, 0.4) is 0 Å². The maximum absolute atomic E-state index is 12.0. The fraction of sp³-hybridized carbons (Fsp3) is 0.885.